The molecule has 0 spiro atoms. The van der Waals surface area contributed by atoms with Crippen molar-refractivity contribution in [2.24, 2.45) is 15.0 Å². The maximum atomic E-state index is 4.18. The summed E-state index contributed by atoms with van der Waals surface area (Å²) in [4.78, 5) is 11.9. The molecular weight excluding hydrogens is 198 g/mol. The Labute approximate surface area is 96.0 Å². The maximum absolute atomic E-state index is 4.18. The smallest absolute Gasteiger partial charge is 0.110 e. The zero-order valence-corrected chi connectivity index (χ0v) is 9.43. The van der Waals surface area contributed by atoms with E-state index in [0.717, 1.165) is 16.7 Å². The largest absolute Gasteiger partial charge is 0.273 e. The third-order valence-electron chi connectivity index (χ3n) is 2.09. The van der Waals surface area contributed by atoms with Crippen LogP contribution in [0.5, 0.6) is 0 Å². The molecule has 16 heavy (non-hydrogen) atoms. The SMILES string of the molecule is C=N\C=C/C1=C(C)/C=C\C(=C)/C=N\C=N/C1. The first kappa shape index (κ1) is 12.0. The summed E-state index contributed by atoms with van der Waals surface area (Å²) in [5, 5.41) is 0. The fourth-order valence-electron chi connectivity index (χ4n) is 1.15. The van der Waals surface area contributed by atoms with Crippen molar-refractivity contribution in [3.05, 3.63) is 47.7 Å². The van der Waals surface area contributed by atoms with Crippen LogP contribution in [-0.2, 0) is 0 Å². The number of allylic oxidation sites excluding steroid dienone is 4. The molecule has 0 fully saturated rings. The van der Waals surface area contributed by atoms with Crippen molar-refractivity contribution in [1.29, 1.82) is 0 Å². The van der Waals surface area contributed by atoms with E-state index >= 15 is 0 Å². The summed E-state index contributed by atoms with van der Waals surface area (Å²) in [6, 6.07) is 0. The molecular formula is C13H15N3. The van der Waals surface area contributed by atoms with Gasteiger partial charge in [0.15, 0.2) is 0 Å². The normalized spacial score (nSPS) is 27.7. The van der Waals surface area contributed by atoms with Crippen LogP contribution in [0.15, 0.2) is 62.7 Å². The lowest BCUT2D eigenvalue weighted by Gasteiger charge is -2.02. The lowest BCUT2D eigenvalue weighted by molar-refractivity contribution is 1.15. The van der Waals surface area contributed by atoms with Crippen molar-refractivity contribution in [2.75, 3.05) is 6.54 Å². The quantitative estimate of drug-likeness (QED) is 0.632. The zero-order valence-electron chi connectivity index (χ0n) is 9.43. The number of nitrogens with zero attached hydrogens (tertiary/aromatic N) is 3. The van der Waals surface area contributed by atoms with Crippen molar-refractivity contribution in [1.82, 2.24) is 0 Å². The van der Waals surface area contributed by atoms with E-state index in [4.69, 9.17) is 0 Å². The van der Waals surface area contributed by atoms with Crippen molar-refractivity contribution in [3.63, 3.8) is 0 Å². The highest BCUT2D eigenvalue weighted by molar-refractivity contribution is 5.87. The van der Waals surface area contributed by atoms with Gasteiger partial charge in [-0.1, -0.05) is 18.7 Å². The first-order valence-electron chi connectivity index (χ1n) is 4.94. The number of rotatable bonds is 2. The van der Waals surface area contributed by atoms with Crippen molar-refractivity contribution >= 4 is 19.3 Å². The fourth-order valence-corrected chi connectivity index (χ4v) is 1.15. The Kier molecular flexibility index (Phi) is 4.86. The summed E-state index contributed by atoms with van der Waals surface area (Å²) >= 11 is 0. The summed E-state index contributed by atoms with van der Waals surface area (Å²) in [5.41, 5.74) is 3.07. The van der Waals surface area contributed by atoms with Gasteiger partial charge in [0.25, 0.3) is 0 Å². The van der Waals surface area contributed by atoms with Gasteiger partial charge >= 0.3 is 0 Å². The van der Waals surface area contributed by atoms with Crippen molar-refractivity contribution in [3.8, 4) is 0 Å². The molecule has 0 aromatic rings. The van der Waals surface area contributed by atoms with Gasteiger partial charge < -0.3 is 0 Å². The average Bonchev–Trinajstić information content (AvgIpc) is 2.29. The average molecular weight is 213 g/mol. The maximum Gasteiger partial charge on any atom is 0.110 e. The number of aliphatic imine (C=N–C) groups is 3. The topological polar surface area (TPSA) is 37.1 Å². The predicted molar refractivity (Wildman–Crippen MR) is 71.5 cm³/mol. The Balaban J connectivity index is 3.01. The van der Waals surface area contributed by atoms with Crippen molar-refractivity contribution in [2.45, 2.75) is 6.92 Å². The van der Waals surface area contributed by atoms with Gasteiger partial charge in [-0.05, 0) is 36.4 Å². The zero-order chi connectivity index (χ0) is 11.8. The highest BCUT2D eigenvalue weighted by atomic mass is 14.8. The minimum absolute atomic E-state index is 0.589. The summed E-state index contributed by atoms with van der Waals surface area (Å²) in [6.07, 6.45) is 10.7. The molecule has 0 aromatic heterocycles. The molecule has 1 aliphatic heterocycles. The molecule has 0 N–H and O–H groups in total. The van der Waals surface area contributed by atoms with E-state index in [-0.39, 0.29) is 0 Å². The molecule has 3 nitrogen and oxygen atoms in total. The lowest BCUT2D eigenvalue weighted by atomic mass is 10.1. The van der Waals surface area contributed by atoms with E-state index in [9.17, 15) is 0 Å². The first-order chi connectivity index (χ1) is 7.74. The van der Waals surface area contributed by atoms with Gasteiger partial charge in [0.2, 0.25) is 0 Å². The van der Waals surface area contributed by atoms with Crippen LogP contribution in [0.1, 0.15) is 6.92 Å². The minimum atomic E-state index is 0.589. The highest BCUT2D eigenvalue weighted by Crippen LogP contribution is 2.10. The van der Waals surface area contributed by atoms with Gasteiger partial charge in [-0.25, -0.2) is 4.99 Å². The van der Waals surface area contributed by atoms with Gasteiger partial charge in [-0.15, -0.1) is 0 Å². The second kappa shape index (κ2) is 6.45. The molecule has 1 heterocycles. The van der Waals surface area contributed by atoms with E-state index < -0.39 is 0 Å². The Morgan fingerprint density at radius 2 is 2.25 bits per heavy atom. The molecule has 0 unspecified atom stereocenters. The highest BCUT2D eigenvalue weighted by Gasteiger charge is 1.96. The van der Waals surface area contributed by atoms with E-state index in [0.29, 0.717) is 6.54 Å². The molecule has 0 saturated carbocycles. The van der Waals surface area contributed by atoms with Gasteiger partial charge in [0.05, 0.1) is 6.54 Å². The van der Waals surface area contributed by atoms with E-state index in [1.165, 1.54) is 6.34 Å². The summed E-state index contributed by atoms with van der Waals surface area (Å²) in [6.45, 7) is 9.86. The van der Waals surface area contributed by atoms with Gasteiger partial charge in [-0.2, -0.15) is 0 Å². The molecule has 3 heteroatoms. The molecule has 0 saturated heterocycles. The second-order valence-electron chi connectivity index (χ2n) is 3.35. The van der Waals surface area contributed by atoms with Gasteiger partial charge in [-0.3, -0.25) is 9.98 Å². The van der Waals surface area contributed by atoms with Crippen molar-refractivity contribution < 1.29 is 0 Å². The number of hydrogen-bond donors (Lipinski definition) is 0. The Hall–Kier alpha value is -2.03. The molecule has 1 rings (SSSR count). The Morgan fingerprint density at radius 3 is 3.00 bits per heavy atom. The molecule has 82 valence electrons. The van der Waals surface area contributed by atoms with Crippen LogP contribution in [0, 0.1) is 0 Å². The monoisotopic (exact) mass is 213 g/mol. The first-order valence-corrected chi connectivity index (χ1v) is 4.94. The molecule has 0 aliphatic carbocycles. The molecule has 0 amide bonds. The third-order valence-corrected chi connectivity index (χ3v) is 2.09. The minimum Gasteiger partial charge on any atom is -0.273 e. The Morgan fingerprint density at radius 1 is 1.44 bits per heavy atom. The van der Waals surface area contributed by atoms with E-state index in [1.807, 2.05) is 25.2 Å². The fraction of sp³-hybridized carbons (Fsp3) is 0.154. The van der Waals surface area contributed by atoms with Crippen LogP contribution in [0.4, 0.5) is 0 Å². The van der Waals surface area contributed by atoms with Gasteiger partial charge in [0.1, 0.15) is 6.34 Å². The molecule has 0 bridgehead atoms. The summed E-state index contributed by atoms with van der Waals surface area (Å²) in [5.74, 6) is 0. The predicted octanol–water partition coefficient (Wildman–Crippen LogP) is 2.74. The molecule has 0 atom stereocenters. The van der Waals surface area contributed by atoms with Crippen LogP contribution in [0.25, 0.3) is 0 Å². The van der Waals surface area contributed by atoms with E-state index in [2.05, 4.69) is 28.3 Å². The third kappa shape index (κ3) is 4.00. The van der Waals surface area contributed by atoms with E-state index in [1.54, 1.807) is 12.4 Å². The molecule has 0 aromatic carbocycles. The summed E-state index contributed by atoms with van der Waals surface area (Å²) < 4.78 is 0. The Bertz CT molecular complexity index is 420. The van der Waals surface area contributed by atoms with Crippen LogP contribution in [0.2, 0.25) is 0 Å². The lowest BCUT2D eigenvalue weighted by Crippen LogP contribution is -1.91. The summed E-state index contributed by atoms with van der Waals surface area (Å²) in [7, 11) is 0. The standard InChI is InChI=1S/C13H15N3/c1-11-4-5-12(2)13(6-7-14-3)9-16-10-15-8-11/h4-8,10H,1,3,9H2,2H3/b5-4-,7-6-,13-12-,15-8-,16-10-. The molecule has 0 radical (unpaired) electrons. The van der Waals surface area contributed by atoms with Gasteiger partial charge in [0, 0.05) is 12.4 Å². The number of hydrogen-bond acceptors (Lipinski definition) is 3. The van der Waals surface area contributed by atoms with Crippen LogP contribution >= 0.6 is 0 Å². The van der Waals surface area contributed by atoms with Crippen LogP contribution < -0.4 is 0 Å². The van der Waals surface area contributed by atoms with Crippen LogP contribution in [0.3, 0.4) is 0 Å². The van der Waals surface area contributed by atoms with Crippen LogP contribution in [-0.4, -0.2) is 25.8 Å². The second-order valence-corrected chi connectivity index (χ2v) is 3.35. The molecule has 1 aliphatic rings.